The summed E-state index contributed by atoms with van der Waals surface area (Å²) in [6.07, 6.45) is 1.64. The Kier molecular flexibility index (Phi) is 3.44. The second kappa shape index (κ2) is 4.12. The van der Waals surface area contributed by atoms with E-state index in [4.69, 9.17) is 9.47 Å². The van der Waals surface area contributed by atoms with Crippen molar-refractivity contribution in [3.05, 3.63) is 0 Å². The minimum absolute atomic E-state index is 0.214. The first kappa shape index (κ1) is 12.5. The van der Waals surface area contributed by atoms with E-state index in [0.717, 1.165) is 12.8 Å². The molecule has 0 N–H and O–H groups in total. The Morgan fingerprint density at radius 2 is 2.07 bits per heavy atom. The molecule has 1 fully saturated rings. The minimum Gasteiger partial charge on any atom is -0.464 e. The third-order valence-corrected chi connectivity index (χ3v) is 2.76. The maximum absolute atomic E-state index is 11.4. The number of ether oxygens (including phenoxy) is 2. The average Bonchev–Trinajstić information content (AvgIpc) is 2.75. The van der Waals surface area contributed by atoms with Crippen molar-refractivity contribution in [2.24, 2.45) is 5.41 Å². The average molecular weight is 214 g/mol. The normalized spacial score (nSPS) is 30.1. The molecule has 0 aromatic rings. The van der Waals surface area contributed by atoms with E-state index in [2.05, 4.69) is 20.8 Å². The van der Waals surface area contributed by atoms with Crippen LogP contribution >= 0.6 is 0 Å². The molecule has 0 aromatic carbocycles. The van der Waals surface area contributed by atoms with Crippen molar-refractivity contribution in [3.8, 4) is 0 Å². The molecule has 1 heterocycles. The first-order valence-corrected chi connectivity index (χ1v) is 5.63. The van der Waals surface area contributed by atoms with Crippen LogP contribution in [0.3, 0.4) is 0 Å². The molecule has 0 bridgehead atoms. The van der Waals surface area contributed by atoms with Gasteiger partial charge in [0.1, 0.15) is 5.60 Å². The first-order valence-electron chi connectivity index (χ1n) is 5.63. The smallest absolute Gasteiger partial charge is 0.338 e. The zero-order chi connectivity index (χ0) is 11.7. The molecular formula is C12H22O3. The molecule has 1 rings (SSSR count). The Labute approximate surface area is 92.1 Å². The zero-order valence-electron chi connectivity index (χ0n) is 10.4. The van der Waals surface area contributed by atoms with E-state index in [1.165, 1.54) is 0 Å². The summed E-state index contributed by atoms with van der Waals surface area (Å²) in [5.74, 6) is -0.214. The van der Waals surface area contributed by atoms with Gasteiger partial charge in [-0.2, -0.15) is 0 Å². The van der Waals surface area contributed by atoms with Gasteiger partial charge in [0.2, 0.25) is 0 Å². The highest BCUT2D eigenvalue weighted by atomic mass is 16.7. The number of hydrogen-bond donors (Lipinski definition) is 0. The van der Waals surface area contributed by atoms with Gasteiger partial charge in [-0.3, -0.25) is 0 Å². The van der Waals surface area contributed by atoms with Crippen molar-refractivity contribution in [2.75, 3.05) is 6.61 Å². The predicted octanol–water partition coefficient (Wildman–Crippen LogP) is 2.53. The largest absolute Gasteiger partial charge is 0.464 e. The molecule has 88 valence electrons. The molecule has 0 amide bonds. The van der Waals surface area contributed by atoms with E-state index in [0.29, 0.717) is 6.61 Å². The maximum atomic E-state index is 11.4. The van der Waals surface area contributed by atoms with E-state index < -0.39 is 0 Å². The summed E-state index contributed by atoms with van der Waals surface area (Å²) >= 11 is 0. The molecule has 1 aliphatic heterocycles. The summed E-state index contributed by atoms with van der Waals surface area (Å²) in [6, 6.07) is 0. The molecule has 0 saturated carbocycles. The van der Waals surface area contributed by atoms with Crippen LogP contribution in [0.25, 0.3) is 0 Å². The number of epoxide rings is 1. The van der Waals surface area contributed by atoms with Gasteiger partial charge in [-0.25, -0.2) is 4.79 Å². The molecule has 0 radical (unpaired) electrons. The third-order valence-electron chi connectivity index (χ3n) is 2.76. The van der Waals surface area contributed by atoms with Crippen LogP contribution in [0.1, 0.15) is 47.5 Å². The molecule has 3 heteroatoms. The van der Waals surface area contributed by atoms with Gasteiger partial charge in [-0.05, 0) is 32.1 Å². The number of rotatable bonds is 4. The van der Waals surface area contributed by atoms with E-state index in [9.17, 15) is 4.79 Å². The Morgan fingerprint density at radius 3 is 2.53 bits per heavy atom. The highest BCUT2D eigenvalue weighted by molar-refractivity contribution is 5.79. The fraction of sp³-hybridized carbons (Fsp3) is 0.917. The second-order valence-corrected chi connectivity index (χ2v) is 5.62. The van der Waals surface area contributed by atoms with Crippen LogP contribution in [0.2, 0.25) is 0 Å². The minimum atomic E-state index is -0.334. The van der Waals surface area contributed by atoms with Crippen molar-refractivity contribution in [2.45, 2.75) is 59.2 Å². The van der Waals surface area contributed by atoms with Gasteiger partial charge in [0.15, 0.2) is 6.10 Å². The number of hydrogen-bond acceptors (Lipinski definition) is 3. The lowest BCUT2D eigenvalue weighted by Crippen LogP contribution is -2.21. The number of esters is 1. The summed E-state index contributed by atoms with van der Waals surface area (Å²) in [7, 11) is 0. The van der Waals surface area contributed by atoms with E-state index >= 15 is 0 Å². The Hall–Kier alpha value is -0.570. The summed E-state index contributed by atoms with van der Waals surface area (Å²) < 4.78 is 10.4. The molecule has 2 unspecified atom stereocenters. The van der Waals surface area contributed by atoms with Crippen LogP contribution in [-0.2, 0) is 14.3 Å². The van der Waals surface area contributed by atoms with Crippen LogP contribution in [0.4, 0.5) is 0 Å². The molecule has 0 aliphatic carbocycles. The zero-order valence-corrected chi connectivity index (χ0v) is 10.4. The van der Waals surface area contributed by atoms with Crippen LogP contribution < -0.4 is 0 Å². The highest BCUT2D eigenvalue weighted by Crippen LogP contribution is 2.43. The second-order valence-electron chi connectivity index (χ2n) is 5.62. The lowest BCUT2D eigenvalue weighted by molar-refractivity contribution is -0.144. The summed E-state index contributed by atoms with van der Waals surface area (Å²) in [5.41, 5.74) is 0.00764. The van der Waals surface area contributed by atoms with Crippen LogP contribution in [0.15, 0.2) is 0 Å². The third kappa shape index (κ3) is 3.49. The molecule has 0 spiro atoms. The molecular weight excluding hydrogens is 192 g/mol. The SMILES string of the molecule is CCOC(=O)C1OC1(C)CCC(C)(C)C. The van der Waals surface area contributed by atoms with Crippen molar-refractivity contribution >= 4 is 5.97 Å². The van der Waals surface area contributed by atoms with Gasteiger partial charge in [-0.1, -0.05) is 20.8 Å². The van der Waals surface area contributed by atoms with Crippen molar-refractivity contribution in [1.82, 2.24) is 0 Å². The monoisotopic (exact) mass is 214 g/mol. The molecule has 0 aromatic heterocycles. The Morgan fingerprint density at radius 1 is 1.47 bits per heavy atom. The topological polar surface area (TPSA) is 38.8 Å². The van der Waals surface area contributed by atoms with Crippen LogP contribution in [0, 0.1) is 5.41 Å². The van der Waals surface area contributed by atoms with Crippen molar-refractivity contribution in [3.63, 3.8) is 0 Å². The van der Waals surface area contributed by atoms with Gasteiger partial charge >= 0.3 is 5.97 Å². The van der Waals surface area contributed by atoms with E-state index in [1.54, 1.807) is 0 Å². The van der Waals surface area contributed by atoms with Crippen LogP contribution in [0.5, 0.6) is 0 Å². The quantitative estimate of drug-likeness (QED) is 0.533. The maximum Gasteiger partial charge on any atom is 0.338 e. The highest BCUT2D eigenvalue weighted by Gasteiger charge is 2.57. The predicted molar refractivity (Wildman–Crippen MR) is 58.6 cm³/mol. The molecule has 1 saturated heterocycles. The summed E-state index contributed by atoms with van der Waals surface area (Å²) in [5, 5.41) is 0. The standard InChI is InChI=1S/C12H22O3/c1-6-14-10(13)9-12(5,15-9)8-7-11(2,3)4/h9H,6-8H2,1-5H3. The van der Waals surface area contributed by atoms with Gasteiger partial charge in [0.05, 0.1) is 6.61 Å². The van der Waals surface area contributed by atoms with Gasteiger partial charge < -0.3 is 9.47 Å². The lowest BCUT2D eigenvalue weighted by atomic mass is 9.86. The van der Waals surface area contributed by atoms with Crippen LogP contribution in [-0.4, -0.2) is 24.3 Å². The number of carbonyl (C=O) groups excluding carboxylic acids is 1. The van der Waals surface area contributed by atoms with Crippen molar-refractivity contribution < 1.29 is 14.3 Å². The molecule has 3 nitrogen and oxygen atoms in total. The molecule has 15 heavy (non-hydrogen) atoms. The van der Waals surface area contributed by atoms with E-state index in [1.807, 2.05) is 13.8 Å². The lowest BCUT2D eigenvalue weighted by Gasteiger charge is -2.19. The van der Waals surface area contributed by atoms with Crippen molar-refractivity contribution in [1.29, 1.82) is 0 Å². The fourth-order valence-electron chi connectivity index (χ4n) is 1.56. The molecule has 2 atom stereocenters. The Balaban J connectivity index is 2.36. The fourth-order valence-corrected chi connectivity index (χ4v) is 1.56. The number of carbonyl (C=O) groups is 1. The molecule has 1 aliphatic rings. The summed E-state index contributed by atoms with van der Waals surface area (Å²) in [6.45, 7) is 10.8. The van der Waals surface area contributed by atoms with Gasteiger partial charge in [-0.15, -0.1) is 0 Å². The Bertz CT molecular complexity index is 242. The van der Waals surface area contributed by atoms with Gasteiger partial charge in [0, 0.05) is 0 Å². The first-order chi connectivity index (χ1) is 6.78. The van der Waals surface area contributed by atoms with Gasteiger partial charge in [0.25, 0.3) is 0 Å². The summed E-state index contributed by atoms with van der Waals surface area (Å²) in [4.78, 5) is 11.4. The van der Waals surface area contributed by atoms with E-state index in [-0.39, 0.29) is 23.1 Å².